The molecule has 0 bridgehead atoms. The predicted octanol–water partition coefficient (Wildman–Crippen LogP) is 6.11. The van der Waals surface area contributed by atoms with E-state index in [0.29, 0.717) is 0 Å². The maximum absolute atomic E-state index is 3.82. The number of rotatable bonds is 6. The summed E-state index contributed by atoms with van der Waals surface area (Å²) in [5, 5.41) is 0. The molecule has 1 aliphatic carbocycles. The lowest BCUT2D eigenvalue weighted by Crippen LogP contribution is -1.91. The van der Waals surface area contributed by atoms with Gasteiger partial charge >= 0.3 is 0 Å². The van der Waals surface area contributed by atoms with Gasteiger partial charge in [-0.1, -0.05) is 66.9 Å². The van der Waals surface area contributed by atoms with Gasteiger partial charge in [0.25, 0.3) is 0 Å². The molecule has 0 unspecified atom stereocenters. The van der Waals surface area contributed by atoms with Crippen LogP contribution in [0.4, 0.5) is 0 Å². The minimum absolute atomic E-state index is 1.21. The highest BCUT2D eigenvalue weighted by molar-refractivity contribution is 9.11. The van der Waals surface area contributed by atoms with Crippen LogP contribution in [0.5, 0.6) is 0 Å². The maximum atomic E-state index is 3.82. The van der Waals surface area contributed by atoms with Crippen molar-refractivity contribution in [2.75, 3.05) is 0 Å². The number of halogens is 1. The molecule has 0 N–H and O–H groups in total. The van der Waals surface area contributed by atoms with Crippen LogP contribution in [0.25, 0.3) is 5.57 Å². The summed E-state index contributed by atoms with van der Waals surface area (Å²) in [4.78, 5) is 1.35. The molecular formula is C17H22Br. The minimum atomic E-state index is 1.21. The van der Waals surface area contributed by atoms with E-state index in [2.05, 4.69) is 54.0 Å². The molecule has 1 aromatic rings. The van der Waals surface area contributed by atoms with Crippen molar-refractivity contribution in [1.82, 2.24) is 0 Å². The van der Waals surface area contributed by atoms with E-state index in [0.717, 1.165) is 0 Å². The van der Waals surface area contributed by atoms with Gasteiger partial charge in [0.1, 0.15) is 0 Å². The quantitative estimate of drug-likeness (QED) is 0.595. The van der Waals surface area contributed by atoms with Gasteiger partial charge in [0.05, 0.1) is 4.83 Å². The first-order valence-corrected chi connectivity index (χ1v) is 7.93. The smallest absolute Gasteiger partial charge is 0.0729 e. The van der Waals surface area contributed by atoms with Crippen molar-refractivity contribution in [2.45, 2.75) is 52.4 Å². The Morgan fingerprint density at radius 1 is 0.833 bits per heavy atom. The fraction of sp³-hybridized carbons (Fsp3) is 0.471. The van der Waals surface area contributed by atoms with Gasteiger partial charge in [-0.3, -0.25) is 0 Å². The van der Waals surface area contributed by atoms with E-state index in [9.17, 15) is 0 Å². The number of fused-ring (bicyclic) bond motifs is 1. The summed E-state index contributed by atoms with van der Waals surface area (Å²) in [7, 11) is 0. The molecule has 2 rings (SSSR count). The van der Waals surface area contributed by atoms with Gasteiger partial charge in [-0.25, -0.2) is 0 Å². The zero-order valence-electron chi connectivity index (χ0n) is 11.4. The van der Waals surface area contributed by atoms with Gasteiger partial charge in [0.15, 0.2) is 0 Å². The number of hydrogen-bond acceptors (Lipinski definition) is 0. The summed E-state index contributed by atoms with van der Waals surface area (Å²) in [6.45, 7) is 4.54. The normalized spacial score (nSPS) is 15.3. The monoisotopic (exact) mass is 305 g/mol. The second-order valence-corrected chi connectivity index (χ2v) is 5.82. The molecule has 0 fully saturated rings. The number of benzene rings is 1. The van der Waals surface area contributed by atoms with Crippen LogP contribution in [0.3, 0.4) is 0 Å². The van der Waals surface area contributed by atoms with Crippen molar-refractivity contribution in [3.8, 4) is 0 Å². The Morgan fingerprint density at radius 2 is 1.39 bits per heavy atom. The molecule has 97 valence electrons. The van der Waals surface area contributed by atoms with Gasteiger partial charge in [0, 0.05) is 0 Å². The van der Waals surface area contributed by atoms with Crippen LogP contribution in [0.2, 0.25) is 0 Å². The number of unbranched alkanes of at least 4 members (excludes halogenated alkanes) is 2. The average Bonchev–Trinajstić information content (AvgIpc) is 2.67. The topological polar surface area (TPSA) is 0 Å². The van der Waals surface area contributed by atoms with Crippen molar-refractivity contribution in [1.29, 1.82) is 0 Å². The van der Waals surface area contributed by atoms with E-state index in [4.69, 9.17) is 0 Å². The van der Waals surface area contributed by atoms with E-state index >= 15 is 0 Å². The van der Waals surface area contributed by atoms with Crippen molar-refractivity contribution >= 4 is 21.5 Å². The number of hydrogen-bond donors (Lipinski definition) is 0. The second-order valence-electron chi connectivity index (χ2n) is 5.02. The molecule has 1 aliphatic rings. The second kappa shape index (κ2) is 6.56. The summed E-state index contributed by atoms with van der Waals surface area (Å²) in [6, 6.07) is 8.82. The van der Waals surface area contributed by atoms with Crippen molar-refractivity contribution < 1.29 is 0 Å². The van der Waals surface area contributed by atoms with Crippen molar-refractivity contribution in [2.24, 2.45) is 0 Å². The van der Waals surface area contributed by atoms with Crippen LogP contribution in [0.15, 0.2) is 29.8 Å². The Hall–Kier alpha value is -0.560. The van der Waals surface area contributed by atoms with Crippen LogP contribution in [0.1, 0.15) is 63.5 Å². The lowest BCUT2D eigenvalue weighted by molar-refractivity contribution is 0.783. The number of allylic oxidation sites excluding steroid dienone is 2. The van der Waals surface area contributed by atoms with Gasteiger partial charge < -0.3 is 0 Å². The molecule has 1 radical (unpaired) electrons. The molecule has 0 nitrogen and oxygen atoms in total. The highest BCUT2D eigenvalue weighted by atomic mass is 79.9. The molecule has 0 amide bonds. The lowest BCUT2D eigenvalue weighted by Gasteiger charge is -2.09. The molecule has 0 aliphatic heterocycles. The molecule has 0 saturated heterocycles. The van der Waals surface area contributed by atoms with E-state index in [1.807, 2.05) is 0 Å². The molecule has 18 heavy (non-hydrogen) atoms. The fourth-order valence-electron chi connectivity index (χ4n) is 2.65. The first-order chi connectivity index (χ1) is 8.79. The summed E-state index contributed by atoms with van der Waals surface area (Å²) < 4.78 is 0. The molecule has 0 heterocycles. The van der Waals surface area contributed by atoms with Gasteiger partial charge in [-0.2, -0.15) is 0 Å². The molecule has 0 aromatic heterocycles. The van der Waals surface area contributed by atoms with Gasteiger partial charge in [-0.05, 0) is 48.0 Å². The molecule has 0 saturated carbocycles. The fourth-order valence-corrected chi connectivity index (χ4v) is 3.43. The van der Waals surface area contributed by atoms with E-state index in [1.54, 1.807) is 11.1 Å². The Balaban J connectivity index is 2.31. The van der Waals surface area contributed by atoms with Crippen molar-refractivity contribution in [3.63, 3.8) is 0 Å². The van der Waals surface area contributed by atoms with Crippen LogP contribution in [-0.4, -0.2) is 0 Å². The average molecular weight is 306 g/mol. The van der Waals surface area contributed by atoms with Crippen LogP contribution in [0, 0.1) is 4.83 Å². The lowest BCUT2D eigenvalue weighted by atomic mass is 9.98. The summed E-state index contributed by atoms with van der Waals surface area (Å²) >= 11 is 3.82. The van der Waals surface area contributed by atoms with Crippen molar-refractivity contribution in [3.05, 3.63) is 45.8 Å². The molecule has 0 spiro atoms. The van der Waals surface area contributed by atoms with E-state index in [-0.39, 0.29) is 0 Å². The van der Waals surface area contributed by atoms with Crippen LogP contribution >= 0.6 is 15.9 Å². The first kappa shape index (κ1) is 13.9. The van der Waals surface area contributed by atoms with E-state index in [1.165, 1.54) is 54.5 Å². The third kappa shape index (κ3) is 2.71. The predicted molar refractivity (Wildman–Crippen MR) is 83.7 cm³/mol. The third-order valence-corrected chi connectivity index (χ3v) is 4.58. The van der Waals surface area contributed by atoms with E-state index < -0.39 is 0 Å². The Morgan fingerprint density at radius 3 is 2.00 bits per heavy atom. The highest BCUT2D eigenvalue weighted by Crippen LogP contribution is 2.48. The molecule has 0 atom stereocenters. The Labute approximate surface area is 120 Å². The SMILES string of the molecule is CCCCC1=C(CCCC)c2ccccc2[C]1Br. The van der Waals surface area contributed by atoms with Crippen LogP contribution < -0.4 is 0 Å². The Bertz CT molecular complexity index is 431. The summed E-state index contributed by atoms with van der Waals surface area (Å²) in [5.41, 5.74) is 6.01. The first-order valence-electron chi connectivity index (χ1n) is 7.14. The standard InChI is InChI=1S/C17H22Br/c1-3-5-9-13-14-11-7-8-12-16(14)17(18)15(13)10-6-4-2/h7-8,11-12H,3-6,9-10H2,1-2H3. The van der Waals surface area contributed by atoms with Gasteiger partial charge in [0.2, 0.25) is 0 Å². The van der Waals surface area contributed by atoms with Gasteiger partial charge in [-0.15, -0.1) is 0 Å². The zero-order chi connectivity index (χ0) is 13.0. The highest BCUT2D eigenvalue weighted by Gasteiger charge is 2.28. The molecular weight excluding hydrogens is 284 g/mol. The molecule has 1 heteroatoms. The minimum Gasteiger partial charge on any atom is -0.0729 e. The Kier molecular flexibility index (Phi) is 5.05. The summed E-state index contributed by atoms with van der Waals surface area (Å²) in [5.74, 6) is 0. The zero-order valence-corrected chi connectivity index (χ0v) is 13.0. The van der Waals surface area contributed by atoms with Crippen LogP contribution in [-0.2, 0) is 0 Å². The third-order valence-electron chi connectivity index (χ3n) is 3.68. The maximum Gasteiger partial charge on any atom is 0.0958 e. The largest absolute Gasteiger partial charge is 0.0958 e. The summed E-state index contributed by atoms with van der Waals surface area (Å²) in [6.07, 6.45) is 7.55. The molecule has 1 aromatic carbocycles.